The number of nitrogens with zero attached hydrogens (tertiary/aromatic N) is 3. The van der Waals surface area contributed by atoms with Crippen LogP contribution in [0.2, 0.25) is 0 Å². The van der Waals surface area contributed by atoms with Gasteiger partial charge in [-0.1, -0.05) is 12.1 Å². The van der Waals surface area contributed by atoms with E-state index in [1.807, 2.05) is 50.2 Å². The van der Waals surface area contributed by atoms with Gasteiger partial charge in [-0.2, -0.15) is 0 Å². The van der Waals surface area contributed by atoms with E-state index in [9.17, 15) is 0 Å². The molecule has 17 heavy (non-hydrogen) atoms. The van der Waals surface area contributed by atoms with E-state index < -0.39 is 0 Å². The van der Waals surface area contributed by atoms with Crippen LogP contribution in [-0.4, -0.2) is 16.2 Å². The van der Waals surface area contributed by atoms with E-state index in [-0.39, 0.29) is 0 Å². The normalized spacial score (nSPS) is 10.9. The maximum absolute atomic E-state index is 4.39. The molecule has 3 nitrogen and oxygen atoms in total. The summed E-state index contributed by atoms with van der Waals surface area (Å²) in [6.45, 7) is 4.55. The molecular weight excluding hydrogens is 210 g/mol. The molecule has 2 heterocycles. The van der Waals surface area contributed by atoms with E-state index in [4.69, 9.17) is 0 Å². The summed E-state index contributed by atoms with van der Waals surface area (Å²) in [5.74, 6) is 0. The molecule has 0 fully saturated rings. The molecule has 0 unspecified atom stereocenters. The highest BCUT2D eigenvalue weighted by molar-refractivity contribution is 5.76. The molecule has 0 aliphatic rings. The fraction of sp³-hybridized carbons (Fsp3) is 0.214. The van der Waals surface area contributed by atoms with Crippen molar-refractivity contribution in [3.8, 4) is 0 Å². The van der Waals surface area contributed by atoms with Crippen LogP contribution in [0.15, 0.2) is 41.4 Å². The van der Waals surface area contributed by atoms with Crippen LogP contribution in [0.1, 0.15) is 22.8 Å². The fourth-order valence-electron chi connectivity index (χ4n) is 1.56. The molecule has 0 N–H and O–H groups in total. The van der Waals surface area contributed by atoms with E-state index in [0.29, 0.717) is 6.54 Å². The Morgan fingerprint density at radius 2 is 1.71 bits per heavy atom. The summed E-state index contributed by atoms with van der Waals surface area (Å²) in [5.41, 5.74) is 3.89. The number of aliphatic imine (C=N–C) groups is 1. The summed E-state index contributed by atoms with van der Waals surface area (Å²) in [6, 6.07) is 11.9. The number of aromatic nitrogens is 2. The highest BCUT2D eigenvalue weighted by Crippen LogP contribution is 2.00. The minimum Gasteiger partial charge on any atom is -0.285 e. The molecule has 0 aromatic carbocycles. The van der Waals surface area contributed by atoms with E-state index in [1.165, 1.54) is 0 Å². The maximum Gasteiger partial charge on any atom is 0.0812 e. The van der Waals surface area contributed by atoms with Gasteiger partial charge in [-0.05, 0) is 38.1 Å². The Kier molecular flexibility index (Phi) is 3.60. The predicted octanol–water partition coefficient (Wildman–Crippen LogP) is 2.71. The third-order valence-corrected chi connectivity index (χ3v) is 2.33. The molecule has 0 aliphatic heterocycles. The van der Waals surface area contributed by atoms with E-state index in [1.54, 1.807) is 6.21 Å². The smallest absolute Gasteiger partial charge is 0.0812 e. The first kappa shape index (κ1) is 11.5. The molecule has 0 aliphatic carbocycles. The van der Waals surface area contributed by atoms with Crippen LogP contribution < -0.4 is 0 Å². The van der Waals surface area contributed by atoms with E-state index in [2.05, 4.69) is 15.0 Å². The predicted molar refractivity (Wildman–Crippen MR) is 69.2 cm³/mol. The Labute approximate surface area is 101 Å². The summed E-state index contributed by atoms with van der Waals surface area (Å²) in [7, 11) is 0. The van der Waals surface area contributed by atoms with Gasteiger partial charge in [-0.15, -0.1) is 0 Å². The van der Waals surface area contributed by atoms with Gasteiger partial charge in [0.05, 0.1) is 17.9 Å². The topological polar surface area (TPSA) is 38.1 Å². The lowest BCUT2D eigenvalue weighted by Gasteiger charge is -1.97. The number of pyridine rings is 2. The Bertz CT molecular complexity index is 532. The SMILES string of the molecule is Cc1cccc(C=NCc2cccc(C)n2)n1. The third kappa shape index (κ3) is 3.48. The van der Waals surface area contributed by atoms with Crippen molar-refractivity contribution in [3.63, 3.8) is 0 Å². The summed E-state index contributed by atoms with van der Waals surface area (Å²) in [5, 5.41) is 0. The Morgan fingerprint density at radius 3 is 2.41 bits per heavy atom. The van der Waals surface area contributed by atoms with Crippen LogP contribution in [0.4, 0.5) is 0 Å². The van der Waals surface area contributed by atoms with Crippen molar-refractivity contribution in [2.24, 2.45) is 4.99 Å². The number of hydrogen-bond donors (Lipinski definition) is 0. The van der Waals surface area contributed by atoms with Gasteiger partial charge >= 0.3 is 0 Å². The molecule has 0 atom stereocenters. The van der Waals surface area contributed by atoms with Gasteiger partial charge in [0.1, 0.15) is 0 Å². The minimum atomic E-state index is 0.595. The molecule has 0 radical (unpaired) electrons. The fourth-order valence-corrected chi connectivity index (χ4v) is 1.56. The molecule has 2 aromatic heterocycles. The molecule has 0 bridgehead atoms. The van der Waals surface area contributed by atoms with Crippen molar-refractivity contribution < 1.29 is 0 Å². The zero-order chi connectivity index (χ0) is 12.1. The highest BCUT2D eigenvalue weighted by Gasteiger charge is 1.93. The third-order valence-electron chi connectivity index (χ3n) is 2.33. The van der Waals surface area contributed by atoms with Crippen molar-refractivity contribution in [1.29, 1.82) is 0 Å². The first-order valence-electron chi connectivity index (χ1n) is 5.60. The van der Waals surface area contributed by atoms with E-state index in [0.717, 1.165) is 22.8 Å². The average Bonchev–Trinajstić information content (AvgIpc) is 2.29. The lowest BCUT2D eigenvalue weighted by atomic mass is 10.3. The highest BCUT2D eigenvalue weighted by atomic mass is 14.8. The minimum absolute atomic E-state index is 0.595. The van der Waals surface area contributed by atoms with Crippen molar-refractivity contribution in [2.45, 2.75) is 20.4 Å². The molecule has 0 saturated carbocycles. The Balaban J connectivity index is 2.03. The molecule has 0 spiro atoms. The molecule has 2 rings (SSSR count). The van der Waals surface area contributed by atoms with Gasteiger partial charge < -0.3 is 0 Å². The largest absolute Gasteiger partial charge is 0.285 e. The van der Waals surface area contributed by atoms with Crippen LogP contribution in [0.3, 0.4) is 0 Å². The van der Waals surface area contributed by atoms with Gasteiger partial charge in [0.15, 0.2) is 0 Å². The number of hydrogen-bond acceptors (Lipinski definition) is 3. The van der Waals surface area contributed by atoms with Crippen LogP contribution in [0, 0.1) is 13.8 Å². The van der Waals surface area contributed by atoms with Gasteiger partial charge in [0.2, 0.25) is 0 Å². The quantitative estimate of drug-likeness (QED) is 0.753. The molecule has 2 aromatic rings. The van der Waals surface area contributed by atoms with Gasteiger partial charge in [0.25, 0.3) is 0 Å². The second kappa shape index (κ2) is 5.34. The molecule has 3 heteroatoms. The zero-order valence-corrected chi connectivity index (χ0v) is 10.1. The van der Waals surface area contributed by atoms with Gasteiger partial charge in [-0.25, -0.2) is 0 Å². The van der Waals surface area contributed by atoms with Crippen LogP contribution in [0.25, 0.3) is 0 Å². The lowest BCUT2D eigenvalue weighted by Crippen LogP contribution is -1.92. The number of aryl methyl sites for hydroxylation is 2. The van der Waals surface area contributed by atoms with Crippen molar-refractivity contribution >= 4 is 6.21 Å². The summed E-state index contributed by atoms with van der Waals surface area (Å²) in [6.07, 6.45) is 1.79. The van der Waals surface area contributed by atoms with Crippen LogP contribution in [-0.2, 0) is 6.54 Å². The lowest BCUT2D eigenvalue weighted by molar-refractivity contribution is 0.972. The summed E-state index contributed by atoms with van der Waals surface area (Å²) >= 11 is 0. The van der Waals surface area contributed by atoms with Crippen molar-refractivity contribution in [2.75, 3.05) is 0 Å². The van der Waals surface area contributed by atoms with Gasteiger partial charge in [0, 0.05) is 17.6 Å². The van der Waals surface area contributed by atoms with Gasteiger partial charge in [-0.3, -0.25) is 15.0 Å². The monoisotopic (exact) mass is 225 g/mol. The summed E-state index contributed by atoms with van der Waals surface area (Å²) in [4.78, 5) is 13.1. The van der Waals surface area contributed by atoms with Crippen LogP contribution >= 0.6 is 0 Å². The van der Waals surface area contributed by atoms with Crippen molar-refractivity contribution in [1.82, 2.24) is 9.97 Å². The first-order chi connectivity index (χ1) is 8.24. The maximum atomic E-state index is 4.39. The second-order valence-electron chi connectivity index (χ2n) is 3.94. The van der Waals surface area contributed by atoms with E-state index >= 15 is 0 Å². The first-order valence-corrected chi connectivity index (χ1v) is 5.60. The average molecular weight is 225 g/mol. The molecule has 86 valence electrons. The zero-order valence-electron chi connectivity index (χ0n) is 10.1. The molecular formula is C14H15N3. The van der Waals surface area contributed by atoms with Crippen LogP contribution in [0.5, 0.6) is 0 Å². The van der Waals surface area contributed by atoms with Crippen molar-refractivity contribution in [3.05, 3.63) is 59.2 Å². The standard InChI is InChI=1S/C14H15N3/c1-11-5-3-7-13(16-11)9-15-10-14-8-4-6-12(2)17-14/h3-9H,10H2,1-2H3. The summed E-state index contributed by atoms with van der Waals surface area (Å²) < 4.78 is 0. The molecule has 0 amide bonds. The Hall–Kier alpha value is -2.03. The number of rotatable bonds is 3. The Morgan fingerprint density at radius 1 is 1.00 bits per heavy atom. The second-order valence-corrected chi connectivity index (χ2v) is 3.94. The molecule has 0 saturated heterocycles.